The maximum atomic E-state index is 5.44. The fraction of sp³-hybridized carbons (Fsp3) is 0.480. The van der Waals surface area contributed by atoms with Gasteiger partial charge in [-0.15, -0.1) is 0 Å². The molecule has 0 saturated carbocycles. The van der Waals surface area contributed by atoms with Crippen LogP contribution in [0.4, 0.5) is 0 Å². The number of rotatable bonds is 15. The number of fused-ring (bicyclic) bond motifs is 1. The number of unbranched alkanes of at least 4 members (excludes halogenated alkanes) is 3. The van der Waals surface area contributed by atoms with Gasteiger partial charge in [0.1, 0.15) is 11.3 Å². The molecule has 0 aliphatic heterocycles. The van der Waals surface area contributed by atoms with Crippen molar-refractivity contribution < 1.29 is 9.47 Å². The molecule has 0 atom stereocenters. The van der Waals surface area contributed by atoms with Gasteiger partial charge in [0.15, 0.2) is 0 Å². The van der Waals surface area contributed by atoms with Crippen LogP contribution in [0.1, 0.15) is 36.8 Å². The summed E-state index contributed by atoms with van der Waals surface area (Å²) < 4.78 is 11.9. The standard InChI is InChI=1S/C25H35N3O2S/c1-29-22-13-12-21(24-23(22)28-25(30-2)31-24)15-19-27-17-9-4-3-8-16-26-18-14-20-10-6-5-7-11-20/h5-7,10-13,26-27H,3-4,8-9,14-19H2,1-2H3. The van der Waals surface area contributed by atoms with Crippen molar-refractivity contribution in [1.29, 1.82) is 0 Å². The van der Waals surface area contributed by atoms with E-state index in [0.29, 0.717) is 5.19 Å². The summed E-state index contributed by atoms with van der Waals surface area (Å²) in [7, 11) is 3.34. The molecule has 31 heavy (non-hydrogen) atoms. The molecule has 168 valence electrons. The first-order valence-corrected chi connectivity index (χ1v) is 12.1. The van der Waals surface area contributed by atoms with Crippen LogP contribution in [0.15, 0.2) is 42.5 Å². The number of nitrogens with one attached hydrogen (secondary N) is 2. The SMILES string of the molecule is COc1nc2c(OC)ccc(CCNCCCCCCNCCc3ccccc3)c2s1. The van der Waals surface area contributed by atoms with Crippen molar-refractivity contribution in [3.63, 3.8) is 0 Å². The minimum atomic E-state index is 0.684. The number of hydrogen-bond acceptors (Lipinski definition) is 6. The first kappa shape index (κ1) is 23.5. The fourth-order valence-electron chi connectivity index (χ4n) is 3.67. The van der Waals surface area contributed by atoms with Crippen LogP contribution in [0, 0.1) is 0 Å². The van der Waals surface area contributed by atoms with Crippen molar-refractivity contribution in [1.82, 2.24) is 15.6 Å². The highest BCUT2D eigenvalue weighted by molar-refractivity contribution is 7.20. The predicted octanol–water partition coefficient (Wildman–Crippen LogP) is 4.84. The van der Waals surface area contributed by atoms with E-state index in [1.807, 2.05) is 6.07 Å². The first-order valence-electron chi connectivity index (χ1n) is 11.3. The molecule has 3 rings (SSSR count). The normalized spacial score (nSPS) is 11.2. The van der Waals surface area contributed by atoms with Gasteiger partial charge in [0.2, 0.25) is 0 Å². The number of ether oxygens (including phenoxy) is 2. The van der Waals surface area contributed by atoms with E-state index in [1.165, 1.54) is 36.8 Å². The van der Waals surface area contributed by atoms with E-state index >= 15 is 0 Å². The molecule has 0 fully saturated rings. The fourth-order valence-corrected chi connectivity index (χ4v) is 4.61. The van der Waals surface area contributed by atoms with Crippen LogP contribution in [0.3, 0.4) is 0 Å². The Bertz CT molecular complexity index is 898. The van der Waals surface area contributed by atoms with Crippen LogP contribution in [-0.4, -0.2) is 45.4 Å². The second kappa shape index (κ2) is 13.3. The van der Waals surface area contributed by atoms with Gasteiger partial charge in [-0.3, -0.25) is 0 Å². The summed E-state index contributed by atoms with van der Waals surface area (Å²) >= 11 is 1.59. The van der Waals surface area contributed by atoms with Crippen molar-refractivity contribution in [2.45, 2.75) is 38.5 Å². The van der Waals surface area contributed by atoms with Crippen LogP contribution >= 0.6 is 11.3 Å². The second-order valence-corrected chi connectivity index (χ2v) is 8.65. The molecule has 3 aromatic rings. The van der Waals surface area contributed by atoms with Crippen LogP contribution in [0.2, 0.25) is 0 Å². The third kappa shape index (κ3) is 7.49. The minimum Gasteiger partial charge on any atom is -0.494 e. The third-order valence-corrected chi connectivity index (χ3v) is 6.52. The molecule has 0 spiro atoms. The Kier molecular flexibility index (Phi) is 10.1. The summed E-state index contributed by atoms with van der Waals surface area (Å²) in [5.41, 5.74) is 3.61. The average Bonchev–Trinajstić information content (AvgIpc) is 3.25. The van der Waals surface area contributed by atoms with E-state index in [-0.39, 0.29) is 0 Å². The Morgan fingerprint density at radius 2 is 1.48 bits per heavy atom. The van der Waals surface area contributed by atoms with E-state index in [9.17, 15) is 0 Å². The Balaban J connectivity index is 1.23. The number of methoxy groups -OCH3 is 2. The van der Waals surface area contributed by atoms with Gasteiger partial charge in [0, 0.05) is 0 Å². The number of thiazole rings is 1. The Hall–Kier alpha value is -2.15. The van der Waals surface area contributed by atoms with E-state index < -0.39 is 0 Å². The van der Waals surface area contributed by atoms with E-state index in [2.05, 4.69) is 52.0 Å². The highest BCUT2D eigenvalue weighted by atomic mass is 32.1. The molecule has 1 heterocycles. The molecule has 2 N–H and O–H groups in total. The summed E-state index contributed by atoms with van der Waals surface area (Å²) in [4.78, 5) is 4.53. The zero-order chi connectivity index (χ0) is 21.7. The third-order valence-electron chi connectivity index (χ3n) is 5.42. The minimum absolute atomic E-state index is 0.684. The van der Waals surface area contributed by atoms with Crippen molar-refractivity contribution in [2.75, 3.05) is 40.4 Å². The molecular formula is C25H35N3O2S. The van der Waals surface area contributed by atoms with E-state index in [1.54, 1.807) is 25.6 Å². The summed E-state index contributed by atoms with van der Waals surface area (Å²) in [6.45, 7) is 4.23. The van der Waals surface area contributed by atoms with Crippen LogP contribution in [0.5, 0.6) is 10.9 Å². The summed E-state index contributed by atoms with van der Waals surface area (Å²) in [6.07, 6.45) is 7.16. The van der Waals surface area contributed by atoms with Gasteiger partial charge in [0.05, 0.1) is 18.9 Å². The van der Waals surface area contributed by atoms with Crippen LogP contribution < -0.4 is 20.1 Å². The molecule has 0 amide bonds. The number of aromatic nitrogens is 1. The lowest BCUT2D eigenvalue weighted by Crippen LogP contribution is -2.19. The number of nitrogens with zero attached hydrogens (tertiary/aromatic N) is 1. The van der Waals surface area contributed by atoms with Gasteiger partial charge in [0.25, 0.3) is 5.19 Å². The zero-order valence-corrected chi connectivity index (χ0v) is 19.6. The van der Waals surface area contributed by atoms with Crippen molar-refractivity contribution in [3.8, 4) is 10.9 Å². The highest BCUT2D eigenvalue weighted by Crippen LogP contribution is 2.36. The summed E-state index contributed by atoms with van der Waals surface area (Å²) in [5, 5.41) is 7.82. The Morgan fingerprint density at radius 3 is 2.16 bits per heavy atom. The van der Waals surface area contributed by atoms with Gasteiger partial charge < -0.3 is 20.1 Å². The van der Waals surface area contributed by atoms with Crippen LogP contribution in [-0.2, 0) is 12.8 Å². The second-order valence-electron chi connectivity index (χ2n) is 7.69. The molecule has 0 unspecified atom stereocenters. The maximum absolute atomic E-state index is 5.44. The highest BCUT2D eigenvalue weighted by Gasteiger charge is 2.13. The average molecular weight is 442 g/mol. The van der Waals surface area contributed by atoms with E-state index in [0.717, 1.165) is 55.0 Å². The van der Waals surface area contributed by atoms with Gasteiger partial charge >= 0.3 is 0 Å². The largest absolute Gasteiger partial charge is 0.494 e. The molecule has 2 aromatic carbocycles. The van der Waals surface area contributed by atoms with Crippen molar-refractivity contribution >= 4 is 21.6 Å². The number of benzene rings is 2. The molecule has 0 radical (unpaired) electrons. The molecule has 0 aliphatic rings. The van der Waals surface area contributed by atoms with Gasteiger partial charge in [-0.1, -0.05) is 60.6 Å². The van der Waals surface area contributed by atoms with E-state index in [4.69, 9.17) is 9.47 Å². The predicted molar refractivity (Wildman–Crippen MR) is 131 cm³/mol. The van der Waals surface area contributed by atoms with Crippen LogP contribution in [0.25, 0.3) is 10.2 Å². The topological polar surface area (TPSA) is 55.4 Å². The zero-order valence-electron chi connectivity index (χ0n) is 18.8. The lowest BCUT2D eigenvalue weighted by molar-refractivity contribution is 0.408. The number of hydrogen-bond donors (Lipinski definition) is 2. The maximum Gasteiger partial charge on any atom is 0.274 e. The first-order chi connectivity index (χ1) is 15.3. The van der Waals surface area contributed by atoms with Gasteiger partial charge in [-0.05, 0) is 69.1 Å². The molecule has 0 bridgehead atoms. The van der Waals surface area contributed by atoms with Crippen molar-refractivity contribution in [3.05, 3.63) is 53.6 Å². The lowest BCUT2D eigenvalue weighted by atomic mass is 10.1. The molecule has 5 nitrogen and oxygen atoms in total. The molecule has 0 aliphatic carbocycles. The smallest absolute Gasteiger partial charge is 0.274 e. The summed E-state index contributed by atoms with van der Waals surface area (Å²) in [5.74, 6) is 0.806. The molecule has 6 heteroatoms. The van der Waals surface area contributed by atoms with Gasteiger partial charge in [-0.25, -0.2) is 0 Å². The summed E-state index contributed by atoms with van der Waals surface area (Å²) in [6, 6.07) is 14.8. The molecule has 1 aromatic heterocycles. The lowest BCUT2D eigenvalue weighted by Gasteiger charge is -2.08. The monoisotopic (exact) mass is 441 g/mol. The molecular weight excluding hydrogens is 406 g/mol. The quantitative estimate of drug-likeness (QED) is 0.331. The molecule has 0 saturated heterocycles. The Morgan fingerprint density at radius 1 is 0.774 bits per heavy atom. The van der Waals surface area contributed by atoms with Gasteiger partial charge in [-0.2, -0.15) is 4.98 Å². The van der Waals surface area contributed by atoms with Crippen molar-refractivity contribution in [2.24, 2.45) is 0 Å². The Labute approximate surface area is 190 Å².